The van der Waals surface area contributed by atoms with Gasteiger partial charge in [0, 0.05) is 19.1 Å². The smallest absolute Gasteiger partial charge is 0.222 e. The fraction of sp³-hybridized carbons (Fsp3) is 0.280. The summed E-state index contributed by atoms with van der Waals surface area (Å²) in [7, 11) is 1.64. The van der Waals surface area contributed by atoms with E-state index in [0.717, 1.165) is 16.9 Å². The van der Waals surface area contributed by atoms with Crippen molar-refractivity contribution in [2.45, 2.75) is 37.4 Å². The highest BCUT2D eigenvalue weighted by Gasteiger charge is 2.39. The molecule has 2 heterocycles. The molecular formula is C25H25N5O3. The van der Waals surface area contributed by atoms with E-state index in [1.807, 2.05) is 59.3 Å². The van der Waals surface area contributed by atoms with E-state index < -0.39 is 0 Å². The first-order valence-electron chi connectivity index (χ1n) is 11.0. The number of aliphatic hydroxyl groups is 1. The minimum atomic E-state index is -0.356. The number of hydrogen-bond acceptors (Lipinski definition) is 7. The lowest BCUT2D eigenvalue weighted by Gasteiger charge is -2.37. The number of rotatable bonds is 5. The SMILES string of the molecule is COc1ccc(C2Nc3ncnn3C(c3ccccc3)C2N=CC2=C(O)CCCC2=O)cc1. The molecule has 8 heteroatoms. The van der Waals surface area contributed by atoms with E-state index in [9.17, 15) is 9.90 Å². The lowest BCUT2D eigenvalue weighted by molar-refractivity contribution is -0.115. The lowest BCUT2D eigenvalue weighted by atomic mass is 9.88. The van der Waals surface area contributed by atoms with Gasteiger partial charge in [0.05, 0.1) is 18.7 Å². The quantitative estimate of drug-likeness (QED) is 0.577. The van der Waals surface area contributed by atoms with Crippen molar-refractivity contribution >= 4 is 17.9 Å². The van der Waals surface area contributed by atoms with Crippen LogP contribution >= 0.6 is 0 Å². The summed E-state index contributed by atoms with van der Waals surface area (Å²) < 4.78 is 7.15. The molecule has 0 bridgehead atoms. The number of benzene rings is 2. The fourth-order valence-electron chi connectivity index (χ4n) is 4.51. The molecule has 0 spiro atoms. The third-order valence-corrected chi connectivity index (χ3v) is 6.21. The molecule has 33 heavy (non-hydrogen) atoms. The Labute approximate surface area is 191 Å². The summed E-state index contributed by atoms with van der Waals surface area (Å²) in [6, 6.07) is 17.0. The minimum absolute atomic E-state index is 0.0787. The number of anilines is 1. The van der Waals surface area contributed by atoms with Crippen LogP contribution in [0.1, 0.15) is 42.5 Å². The highest BCUT2D eigenvalue weighted by molar-refractivity contribution is 6.14. The van der Waals surface area contributed by atoms with Crippen LogP contribution in [0.5, 0.6) is 5.75 Å². The third-order valence-electron chi connectivity index (χ3n) is 6.21. The van der Waals surface area contributed by atoms with Crippen molar-refractivity contribution in [3.63, 3.8) is 0 Å². The summed E-state index contributed by atoms with van der Waals surface area (Å²) in [4.78, 5) is 21.8. The molecule has 3 aromatic rings. The number of ketones is 1. The van der Waals surface area contributed by atoms with Gasteiger partial charge in [0.1, 0.15) is 29.9 Å². The number of allylic oxidation sites excluding steroid dienone is 2. The largest absolute Gasteiger partial charge is 0.512 e. The zero-order valence-electron chi connectivity index (χ0n) is 18.3. The molecule has 0 saturated heterocycles. The van der Waals surface area contributed by atoms with Crippen molar-refractivity contribution < 1.29 is 14.6 Å². The molecule has 0 fully saturated rings. The Hall–Kier alpha value is -3.94. The van der Waals surface area contributed by atoms with Gasteiger partial charge in [0.15, 0.2) is 5.78 Å². The fourth-order valence-corrected chi connectivity index (χ4v) is 4.51. The van der Waals surface area contributed by atoms with Gasteiger partial charge in [0.25, 0.3) is 0 Å². The predicted molar refractivity (Wildman–Crippen MR) is 125 cm³/mol. The van der Waals surface area contributed by atoms with Crippen molar-refractivity contribution in [2.24, 2.45) is 4.99 Å². The van der Waals surface area contributed by atoms with Gasteiger partial charge in [-0.25, -0.2) is 4.68 Å². The second-order valence-corrected chi connectivity index (χ2v) is 8.18. The summed E-state index contributed by atoms with van der Waals surface area (Å²) in [5, 5.41) is 18.3. The van der Waals surface area contributed by atoms with Crippen molar-refractivity contribution in [1.82, 2.24) is 14.8 Å². The van der Waals surface area contributed by atoms with Crippen LogP contribution in [0, 0.1) is 0 Å². The van der Waals surface area contributed by atoms with E-state index in [4.69, 9.17) is 9.73 Å². The average molecular weight is 444 g/mol. The maximum Gasteiger partial charge on any atom is 0.222 e. The zero-order valence-corrected chi connectivity index (χ0v) is 18.3. The summed E-state index contributed by atoms with van der Waals surface area (Å²) in [5.41, 5.74) is 2.33. The number of methoxy groups -OCH3 is 1. The minimum Gasteiger partial charge on any atom is -0.512 e. The Bertz CT molecular complexity index is 1200. The van der Waals surface area contributed by atoms with E-state index in [-0.39, 0.29) is 29.7 Å². The Kier molecular flexibility index (Phi) is 5.64. The van der Waals surface area contributed by atoms with E-state index in [2.05, 4.69) is 15.4 Å². The Morgan fingerprint density at radius 2 is 1.91 bits per heavy atom. The number of nitrogens with zero attached hydrogens (tertiary/aromatic N) is 4. The molecule has 168 valence electrons. The van der Waals surface area contributed by atoms with Crippen LogP contribution < -0.4 is 10.1 Å². The number of ether oxygens (including phenoxy) is 1. The van der Waals surface area contributed by atoms with Gasteiger partial charge in [-0.2, -0.15) is 10.1 Å². The molecule has 2 aliphatic rings. The molecule has 5 rings (SSSR count). The van der Waals surface area contributed by atoms with Gasteiger partial charge < -0.3 is 15.2 Å². The highest BCUT2D eigenvalue weighted by Crippen LogP contribution is 2.40. The molecule has 2 N–H and O–H groups in total. The zero-order chi connectivity index (χ0) is 22.8. The Balaban J connectivity index is 1.62. The molecule has 0 saturated carbocycles. The van der Waals surface area contributed by atoms with Gasteiger partial charge >= 0.3 is 0 Å². The third kappa shape index (κ3) is 4.00. The van der Waals surface area contributed by atoms with Crippen LogP contribution in [0.3, 0.4) is 0 Å². The first-order valence-corrected chi connectivity index (χ1v) is 11.0. The monoisotopic (exact) mass is 443 g/mol. The maximum atomic E-state index is 12.4. The van der Waals surface area contributed by atoms with Gasteiger partial charge in [0.2, 0.25) is 5.95 Å². The first kappa shape index (κ1) is 20.9. The van der Waals surface area contributed by atoms with E-state index in [1.165, 1.54) is 12.5 Å². The van der Waals surface area contributed by atoms with Gasteiger partial charge in [-0.05, 0) is 29.7 Å². The number of aliphatic imine (C=N–C) groups is 1. The molecule has 1 aliphatic carbocycles. The second-order valence-electron chi connectivity index (χ2n) is 8.18. The highest BCUT2D eigenvalue weighted by atomic mass is 16.5. The normalized spacial score (nSPS) is 22.8. The Morgan fingerprint density at radius 1 is 1.12 bits per heavy atom. The number of aliphatic hydroxyl groups excluding tert-OH is 1. The van der Waals surface area contributed by atoms with Crippen molar-refractivity contribution in [3.8, 4) is 5.75 Å². The van der Waals surface area contributed by atoms with E-state index in [0.29, 0.717) is 30.8 Å². The van der Waals surface area contributed by atoms with E-state index >= 15 is 0 Å². The maximum absolute atomic E-state index is 12.4. The molecule has 1 aliphatic heterocycles. The number of fused-ring (bicyclic) bond motifs is 1. The molecule has 0 amide bonds. The molecule has 8 nitrogen and oxygen atoms in total. The Morgan fingerprint density at radius 3 is 2.64 bits per heavy atom. The average Bonchev–Trinajstić information content (AvgIpc) is 3.32. The van der Waals surface area contributed by atoms with Crippen LogP contribution in [-0.4, -0.2) is 45.0 Å². The summed E-state index contributed by atoms with van der Waals surface area (Å²) in [6.07, 6.45) is 4.64. The van der Waals surface area contributed by atoms with Gasteiger partial charge in [-0.15, -0.1) is 0 Å². The first-order chi connectivity index (χ1) is 16.2. The molecule has 3 unspecified atom stereocenters. The number of aromatic nitrogens is 3. The van der Waals surface area contributed by atoms with E-state index in [1.54, 1.807) is 7.11 Å². The van der Waals surface area contributed by atoms with Crippen LogP contribution in [0.15, 0.2) is 77.2 Å². The number of Topliss-reactive ketones (excluding diaryl/α,β-unsaturated/α-hetero) is 1. The summed E-state index contributed by atoms with van der Waals surface area (Å²) in [5.74, 6) is 1.44. The van der Waals surface area contributed by atoms with Gasteiger partial charge in [-0.3, -0.25) is 9.79 Å². The number of nitrogens with one attached hydrogen (secondary N) is 1. The van der Waals surface area contributed by atoms with Crippen LogP contribution in [0.2, 0.25) is 0 Å². The summed E-state index contributed by atoms with van der Waals surface area (Å²) >= 11 is 0. The standard InChI is InChI=1S/C25H25N5O3/c1-33-18-12-10-16(11-13-18)22-23(26-14-19-20(31)8-5-9-21(19)32)24(17-6-3-2-4-7-17)30-25(29-22)27-15-28-30/h2-4,6-7,10-15,22-24,31H,5,8-9H2,1H3,(H,27,28,29). The van der Waals surface area contributed by atoms with Crippen LogP contribution in [-0.2, 0) is 4.79 Å². The van der Waals surface area contributed by atoms with Crippen molar-refractivity contribution in [3.05, 3.63) is 83.4 Å². The molecule has 2 aromatic carbocycles. The predicted octanol–water partition coefficient (Wildman–Crippen LogP) is 4.05. The van der Waals surface area contributed by atoms with Crippen molar-refractivity contribution in [1.29, 1.82) is 0 Å². The van der Waals surface area contributed by atoms with Crippen LogP contribution in [0.25, 0.3) is 0 Å². The molecule has 0 radical (unpaired) electrons. The summed E-state index contributed by atoms with van der Waals surface area (Å²) in [6.45, 7) is 0. The van der Waals surface area contributed by atoms with Gasteiger partial charge in [-0.1, -0.05) is 42.5 Å². The molecular weight excluding hydrogens is 418 g/mol. The topological polar surface area (TPSA) is 102 Å². The lowest BCUT2D eigenvalue weighted by Crippen LogP contribution is -2.40. The van der Waals surface area contributed by atoms with Crippen molar-refractivity contribution in [2.75, 3.05) is 12.4 Å². The number of hydrogen-bond donors (Lipinski definition) is 2. The number of carbonyl (C=O) groups excluding carboxylic acids is 1. The molecule has 1 aromatic heterocycles. The second kappa shape index (κ2) is 8.90. The number of carbonyl (C=O) groups is 1. The van der Waals surface area contributed by atoms with Crippen LogP contribution in [0.4, 0.5) is 5.95 Å². The molecule has 3 atom stereocenters.